The number of nitrogens with one attached hydrogen (secondary N) is 1. The molecule has 0 spiro atoms. The third kappa shape index (κ3) is 6.56. The van der Waals surface area contributed by atoms with Gasteiger partial charge in [-0.3, -0.25) is 13.9 Å². The van der Waals surface area contributed by atoms with Gasteiger partial charge in [-0.1, -0.05) is 62.4 Å². The summed E-state index contributed by atoms with van der Waals surface area (Å²) in [6, 6.07) is 16.1. The highest BCUT2D eigenvalue weighted by molar-refractivity contribution is 7.92. The fraction of sp³-hybridized carbons (Fsp3) is 0.417. The number of carbonyl (C=O) groups is 2. The van der Waals surface area contributed by atoms with Gasteiger partial charge in [0.05, 0.1) is 11.9 Å². The molecule has 1 N–H and O–H groups in total. The Labute approximate surface area is 191 Å². The summed E-state index contributed by atoms with van der Waals surface area (Å²) >= 11 is 0. The number of hydrogen-bond donors (Lipinski definition) is 1. The zero-order valence-electron chi connectivity index (χ0n) is 19.4. The van der Waals surface area contributed by atoms with Crippen LogP contribution in [0.15, 0.2) is 54.6 Å². The Hall–Kier alpha value is -2.87. The van der Waals surface area contributed by atoms with Gasteiger partial charge in [-0.25, -0.2) is 8.42 Å². The normalized spacial score (nSPS) is 12.3. The highest BCUT2D eigenvalue weighted by Gasteiger charge is 2.30. The van der Waals surface area contributed by atoms with E-state index >= 15 is 0 Å². The number of rotatable bonds is 10. The van der Waals surface area contributed by atoms with Crippen LogP contribution in [0.5, 0.6) is 0 Å². The van der Waals surface area contributed by atoms with E-state index in [4.69, 9.17) is 0 Å². The van der Waals surface area contributed by atoms with Gasteiger partial charge in [0.15, 0.2) is 0 Å². The van der Waals surface area contributed by atoms with Crippen LogP contribution in [-0.2, 0) is 26.0 Å². The molecule has 0 aromatic heterocycles. The molecule has 2 aromatic carbocycles. The quantitative estimate of drug-likeness (QED) is 0.592. The predicted molar refractivity (Wildman–Crippen MR) is 128 cm³/mol. The van der Waals surface area contributed by atoms with Gasteiger partial charge in [-0.05, 0) is 36.5 Å². The molecule has 0 saturated carbocycles. The van der Waals surface area contributed by atoms with Crippen molar-refractivity contribution in [3.05, 3.63) is 65.7 Å². The van der Waals surface area contributed by atoms with Gasteiger partial charge in [0.2, 0.25) is 21.8 Å². The summed E-state index contributed by atoms with van der Waals surface area (Å²) in [7, 11) is -2.22. The van der Waals surface area contributed by atoms with Crippen LogP contribution in [0, 0.1) is 0 Å². The van der Waals surface area contributed by atoms with Crippen LogP contribution in [0.3, 0.4) is 0 Å². The molecule has 32 heavy (non-hydrogen) atoms. The summed E-state index contributed by atoms with van der Waals surface area (Å²) in [6.45, 7) is 5.51. The molecule has 0 saturated heterocycles. The Kier molecular flexibility index (Phi) is 8.83. The molecule has 174 valence electrons. The molecule has 1 atom stereocenters. The van der Waals surface area contributed by atoms with E-state index in [1.54, 1.807) is 19.1 Å². The van der Waals surface area contributed by atoms with E-state index in [0.717, 1.165) is 21.7 Å². The van der Waals surface area contributed by atoms with Crippen LogP contribution in [0.2, 0.25) is 0 Å². The van der Waals surface area contributed by atoms with Crippen LogP contribution >= 0.6 is 0 Å². The van der Waals surface area contributed by atoms with Crippen molar-refractivity contribution in [3.63, 3.8) is 0 Å². The van der Waals surface area contributed by atoms with Gasteiger partial charge in [0.25, 0.3) is 0 Å². The summed E-state index contributed by atoms with van der Waals surface area (Å²) in [6.07, 6.45) is 1.64. The molecule has 0 aliphatic carbocycles. The second-order valence-corrected chi connectivity index (χ2v) is 10.0. The van der Waals surface area contributed by atoms with Gasteiger partial charge in [0, 0.05) is 13.6 Å². The monoisotopic (exact) mass is 459 g/mol. The van der Waals surface area contributed by atoms with Crippen LogP contribution in [-0.4, -0.2) is 57.6 Å². The van der Waals surface area contributed by atoms with E-state index in [2.05, 4.69) is 5.32 Å². The Morgan fingerprint density at radius 2 is 1.56 bits per heavy atom. The van der Waals surface area contributed by atoms with Crippen molar-refractivity contribution in [2.75, 3.05) is 30.7 Å². The maximum absolute atomic E-state index is 13.4. The highest BCUT2D eigenvalue weighted by atomic mass is 32.2. The molecule has 0 aliphatic rings. The van der Waals surface area contributed by atoms with Crippen molar-refractivity contribution in [2.45, 2.75) is 39.2 Å². The fourth-order valence-corrected chi connectivity index (χ4v) is 4.45. The first kappa shape index (κ1) is 25.4. The second-order valence-electron chi connectivity index (χ2n) is 8.10. The zero-order chi connectivity index (χ0) is 23.9. The topological polar surface area (TPSA) is 86.8 Å². The Morgan fingerprint density at radius 3 is 2.12 bits per heavy atom. The van der Waals surface area contributed by atoms with E-state index in [-0.39, 0.29) is 18.4 Å². The standard InChI is InChI=1S/C24H33N3O4S/c1-18(2)21-13-9-10-14-22(21)27(32(5,30)31)17-23(28)26(19(3)24(29)25-4)16-15-20-11-7-6-8-12-20/h6-14,18-19H,15-17H2,1-5H3,(H,25,29)/t19-/m0/s1. The number of hydrogen-bond acceptors (Lipinski definition) is 4. The Balaban J connectivity index is 2.36. The molecule has 0 fully saturated rings. The largest absolute Gasteiger partial charge is 0.357 e. The van der Waals surface area contributed by atoms with Crippen LogP contribution in [0.25, 0.3) is 0 Å². The maximum Gasteiger partial charge on any atom is 0.244 e. The third-order valence-corrected chi connectivity index (χ3v) is 6.53. The number of para-hydroxylation sites is 1. The number of carbonyl (C=O) groups excluding carboxylic acids is 2. The molecule has 0 radical (unpaired) electrons. The number of nitrogens with zero attached hydrogens (tertiary/aromatic N) is 2. The van der Waals surface area contributed by atoms with Gasteiger partial charge >= 0.3 is 0 Å². The summed E-state index contributed by atoms with van der Waals surface area (Å²) in [5.74, 6) is -0.662. The molecule has 8 heteroatoms. The predicted octanol–water partition coefficient (Wildman–Crippen LogP) is 2.78. The minimum atomic E-state index is -3.74. The average Bonchev–Trinajstić information content (AvgIpc) is 2.76. The number of amides is 2. The van der Waals surface area contributed by atoms with E-state index in [9.17, 15) is 18.0 Å². The minimum Gasteiger partial charge on any atom is -0.357 e. The molecule has 2 rings (SSSR count). The first-order chi connectivity index (χ1) is 15.1. The van der Waals surface area contributed by atoms with Crippen molar-refractivity contribution in [1.29, 1.82) is 0 Å². The molecule has 2 aromatic rings. The average molecular weight is 460 g/mol. The minimum absolute atomic E-state index is 0.0736. The van der Waals surface area contributed by atoms with Gasteiger partial charge < -0.3 is 10.2 Å². The van der Waals surface area contributed by atoms with E-state index in [0.29, 0.717) is 18.7 Å². The number of benzene rings is 2. The van der Waals surface area contributed by atoms with Crippen LogP contribution < -0.4 is 9.62 Å². The van der Waals surface area contributed by atoms with E-state index < -0.39 is 22.0 Å². The second kappa shape index (κ2) is 11.1. The molecule has 2 amide bonds. The lowest BCUT2D eigenvalue weighted by molar-refractivity contribution is -0.138. The number of anilines is 1. The van der Waals surface area contributed by atoms with Crippen molar-refractivity contribution in [2.24, 2.45) is 0 Å². The molecule has 0 unspecified atom stereocenters. The Bertz CT molecular complexity index is 1020. The molecule has 0 heterocycles. The molecule has 0 aliphatic heterocycles. The van der Waals surface area contributed by atoms with Crippen LogP contribution in [0.1, 0.15) is 37.8 Å². The summed E-state index contributed by atoms with van der Waals surface area (Å²) in [5.41, 5.74) is 2.34. The maximum atomic E-state index is 13.4. The molecular weight excluding hydrogens is 426 g/mol. The Morgan fingerprint density at radius 1 is 0.969 bits per heavy atom. The summed E-state index contributed by atoms with van der Waals surface area (Å²) in [5, 5.41) is 2.57. The summed E-state index contributed by atoms with van der Waals surface area (Å²) in [4.78, 5) is 27.2. The lowest BCUT2D eigenvalue weighted by atomic mass is 10.0. The van der Waals surface area contributed by atoms with Crippen molar-refractivity contribution in [1.82, 2.24) is 10.2 Å². The SMILES string of the molecule is CNC(=O)[C@H](C)N(CCc1ccccc1)C(=O)CN(c1ccccc1C(C)C)S(C)(=O)=O. The number of likely N-dealkylation sites (N-methyl/N-ethyl adjacent to an activating group) is 1. The highest BCUT2D eigenvalue weighted by Crippen LogP contribution is 2.29. The lowest BCUT2D eigenvalue weighted by Gasteiger charge is -2.32. The van der Waals surface area contributed by atoms with Crippen molar-refractivity contribution in [3.8, 4) is 0 Å². The fourth-order valence-electron chi connectivity index (χ4n) is 3.58. The molecular formula is C24H33N3O4S. The van der Waals surface area contributed by atoms with Crippen molar-refractivity contribution < 1.29 is 18.0 Å². The van der Waals surface area contributed by atoms with Crippen molar-refractivity contribution >= 4 is 27.5 Å². The lowest BCUT2D eigenvalue weighted by Crippen LogP contribution is -2.51. The number of sulfonamides is 1. The third-order valence-electron chi connectivity index (χ3n) is 5.40. The zero-order valence-corrected chi connectivity index (χ0v) is 20.2. The van der Waals surface area contributed by atoms with Gasteiger partial charge in [0.1, 0.15) is 12.6 Å². The first-order valence-corrected chi connectivity index (χ1v) is 12.5. The molecule has 0 bridgehead atoms. The molecule has 7 nitrogen and oxygen atoms in total. The van der Waals surface area contributed by atoms with Gasteiger partial charge in [-0.15, -0.1) is 0 Å². The van der Waals surface area contributed by atoms with Gasteiger partial charge in [-0.2, -0.15) is 0 Å². The smallest absolute Gasteiger partial charge is 0.244 e. The van der Waals surface area contributed by atoms with E-state index in [1.165, 1.54) is 11.9 Å². The van der Waals surface area contributed by atoms with E-state index in [1.807, 2.05) is 56.3 Å². The summed E-state index contributed by atoms with van der Waals surface area (Å²) < 4.78 is 26.5. The first-order valence-electron chi connectivity index (χ1n) is 10.7. The van der Waals surface area contributed by atoms with Crippen LogP contribution in [0.4, 0.5) is 5.69 Å².